The number of anilines is 1. The number of hydrogen-bond donors (Lipinski definition) is 1. The van der Waals surface area contributed by atoms with Crippen LogP contribution in [0.4, 0.5) is 5.82 Å². The molecule has 5 nitrogen and oxygen atoms in total. The fourth-order valence-electron chi connectivity index (χ4n) is 3.88. The maximum Gasteiger partial charge on any atom is 0.157 e. The van der Waals surface area contributed by atoms with Gasteiger partial charge in [0.1, 0.15) is 5.82 Å². The van der Waals surface area contributed by atoms with Gasteiger partial charge in [-0.2, -0.15) is 14.9 Å². The summed E-state index contributed by atoms with van der Waals surface area (Å²) in [7, 11) is 0. The first kappa shape index (κ1) is 15.6. The average Bonchev–Trinajstić information content (AvgIpc) is 3.13. The second kappa shape index (κ2) is 6.56. The van der Waals surface area contributed by atoms with Gasteiger partial charge in [0.05, 0.1) is 12.3 Å². The molecule has 0 amide bonds. The van der Waals surface area contributed by atoms with Gasteiger partial charge in [0.2, 0.25) is 0 Å². The van der Waals surface area contributed by atoms with Crippen molar-refractivity contribution >= 4 is 11.5 Å². The van der Waals surface area contributed by atoms with Crippen molar-refractivity contribution < 1.29 is 0 Å². The van der Waals surface area contributed by atoms with Crippen molar-refractivity contribution in [3.8, 4) is 17.2 Å². The van der Waals surface area contributed by atoms with E-state index in [1.807, 2.05) is 12.3 Å². The molecular formula is C20H21N5. The lowest BCUT2D eigenvalue weighted by molar-refractivity contribution is 0.330. The van der Waals surface area contributed by atoms with Crippen molar-refractivity contribution in [3.05, 3.63) is 48.3 Å². The molecule has 2 aromatic heterocycles. The van der Waals surface area contributed by atoms with Gasteiger partial charge in [-0.25, -0.2) is 4.98 Å². The number of nitriles is 1. The van der Waals surface area contributed by atoms with Crippen molar-refractivity contribution in [3.63, 3.8) is 0 Å². The first-order chi connectivity index (χ1) is 12.3. The lowest BCUT2D eigenvalue weighted by atomic mass is 9.77. The van der Waals surface area contributed by atoms with Crippen molar-refractivity contribution in [2.45, 2.75) is 38.0 Å². The zero-order valence-electron chi connectivity index (χ0n) is 14.1. The summed E-state index contributed by atoms with van der Waals surface area (Å²) < 4.78 is 1.67. The molecule has 0 saturated heterocycles. The highest BCUT2D eigenvalue weighted by molar-refractivity contribution is 5.75. The molecular weight excluding hydrogens is 310 g/mol. The van der Waals surface area contributed by atoms with Gasteiger partial charge in [-0.15, -0.1) is 0 Å². The van der Waals surface area contributed by atoms with E-state index in [0.29, 0.717) is 24.1 Å². The summed E-state index contributed by atoms with van der Waals surface area (Å²) in [6.45, 7) is 0. The Morgan fingerprint density at radius 3 is 2.60 bits per heavy atom. The molecule has 0 radical (unpaired) electrons. The van der Waals surface area contributed by atoms with E-state index in [0.717, 1.165) is 29.6 Å². The third-order valence-electron chi connectivity index (χ3n) is 5.37. The predicted molar refractivity (Wildman–Crippen MR) is 97.8 cm³/mol. The van der Waals surface area contributed by atoms with Gasteiger partial charge >= 0.3 is 0 Å². The van der Waals surface area contributed by atoms with Crippen molar-refractivity contribution in [1.82, 2.24) is 14.6 Å². The maximum absolute atomic E-state index is 8.84. The fraction of sp³-hybridized carbons (Fsp3) is 0.350. The van der Waals surface area contributed by atoms with Crippen molar-refractivity contribution in [2.24, 2.45) is 5.92 Å². The molecule has 2 heterocycles. The fourth-order valence-corrected chi connectivity index (χ4v) is 3.88. The molecule has 25 heavy (non-hydrogen) atoms. The van der Waals surface area contributed by atoms with Crippen LogP contribution in [0.3, 0.4) is 0 Å². The zero-order chi connectivity index (χ0) is 17.2. The number of benzene rings is 1. The van der Waals surface area contributed by atoms with Crippen LogP contribution >= 0.6 is 0 Å². The second-order valence-corrected chi connectivity index (χ2v) is 6.86. The number of nitrogens with two attached hydrogens (primary N) is 1. The summed E-state index contributed by atoms with van der Waals surface area (Å²) in [5.74, 6) is 1.81. The average molecular weight is 331 g/mol. The predicted octanol–water partition coefficient (Wildman–Crippen LogP) is 4.17. The Morgan fingerprint density at radius 1 is 1.12 bits per heavy atom. The summed E-state index contributed by atoms with van der Waals surface area (Å²) >= 11 is 0. The number of rotatable bonds is 3. The molecule has 1 aliphatic carbocycles. The minimum Gasteiger partial charge on any atom is -0.383 e. The van der Waals surface area contributed by atoms with Gasteiger partial charge in [-0.05, 0) is 48.6 Å². The van der Waals surface area contributed by atoms with Gasteiger partial charge in [0, 0.05) is 24.2 Å². The molecule has 0 spiro atoms. The summed E-state index contributed by atoms with van der Waals surface area (Å²) in [6, 6.07) is 12.8. The molecule has 0 aliphatic heterocycles. The smallest absolute Gasteiger partial charge is 0.157 e. The van der Waals surface area contributed by atoms with Crippen molar-refractivity contribution in [1.29, 1.82) is 5.26 Å². The lowest BCUT2D eigenvalue weighted by Crippen LogP contribution is -2.12. The minimum absolute atomic E-state index is 0.590. The van der Waals surface area contributed by atoms with E-state index in [1.54, 1.807) is 10.7 Å². The highest BCUT2D eigenvalue weighted by atomic mass is 15.3. The Hall–Kier alpha value is -2.87. The largest absolute Gasteiger partial charge is 0.383 e. The van der Waals surface area contributed by atoms with Crippen LogP contribution in [0.5, 0.6) is 0 Å². The third kappa shape index (κ3) is 2.96. The number of hydrogen-bond acceptors (Lipinski definition) is 4. The molecule has 2 N–H and O–H groups in total. The number of nitrogens with zero attached hydrogens (tertiary/aromatic N) is 4. The van der Waals surface area contributed by atoms with E-state index >= 15 is 0 Å². The van der Waals surface area contributed by atoms with Crippen LogP contribution in [0.25, 0.3) is 16.8 Å². The molecule has 126 valence electrons. The van der Waals surface area contributed by atoms with Gasteiger partial charge in [-0.1, -0.05) is 24.3 Å². The molecule has 5 heteroatoms. The van der Waals surface area contributed by atoms with E-state index in [-0.39, 0.29) is 0 Å². The normalized spacial score (nSPS) is 20.4. The summed E-state index contributed by atoms with van der Waals surface area (Å²) in [5, 5.41) is 13.1. The zero-order valence-corrected chi connectivity index (χ0v) is 14.1. The first-order valence-electron chi connectivity index (χ1n) is 8.82. The van der Waals surface area contributed by atoms with Crippen LogP contribution in [0.2, 0.25) is 0 Å². The summed E-state index contributed by atoms with van der Waals surface area (Å²) in [4.78, 5) is 4.41. The lowest BCUT2D eigenvalue weighted by Gasteiger charge is -2.27. The SMILES string of the molecule is N#CCC1CCC(c2ccc(-c3cnc4ccnn4c3N)cc2)CC1. The molecule has 4 rings (SSSR count). The Bertz CT molecular complexity index is 911. The van der Waals surface area contributed by atoms with Crippen LogP contribution in [0, 0.1) is 17.2 Å². The van der Waals surface area contributed by atoms with E-state index in [2.05, 4.69) is 40.4 Å². The third-order valence-corrected chi connectivity index (χ3v) is 5.37. The van der Waals surface area contributed by atoms with E-state index in [1.165, 1.54) is 18.4 Å². The number of fused-ring (bicyclic) bond motifs is 1. The van der Waals surface area contributed by atoms with Crippen LogP contribution in [0.15, 0.2) is 42.7 Å². The second-order valence-electron chi connectivity index (χ2n) is 6.86. The molecule has 0 atom stereocenters. The Kier molecular flexibility index (Phi) is 4.10. The van der Waals surface area contributed by atoms with Crippen LogP contribution in [-0.4, -0.2) is 14.6 Å². The molecule has 1 aromatic carbocycles. The first-order valence-corrected chi connectivity index (χ1v) is 8.82. The molecule has 0 bridgehead atoms. The number of nitrogen functional groups attached to an aromatic ring is 1. The van der Waals surface area contributed by atoms with E-state index < -0.39 is 0 Å². The quantitative estimate of drug-likeness (QED) is 0.781. The van der Waals surface area contributed by atoms with Crippen LogP contribution in [-0.2, 0) is 0 Å². The van der Waals surface area contributed by atoms with Crippen LogP contribution in [0.1, 0.15) is 43.6 Å². The van der Waals surface area contributed by atoms with Gasteiger partial charge in [-0.3, -0.25) is 0 Å². The van der Waals surface area contributed by atoms with Crippen molar-refractivity contribution in [2.75, 3.05) is 5.73 Å². The minimum atomic E-state index is 0.590. The molecule has 1 saturated carbocycles. The monoisotopic (exact) mass is 331 g/mol. The Balaban J connectivity index is 1.54. The molecule has 1 aliphatic rings. The van der Waals surface area contributed by atoms with Gasteiger partial charge < -0.3 is 5.73 Å². The van der Waals surface area contributed by atoms with Crippen LogP contribution < -0.4 is 5.73 Å². The van der Waals surface area contributed by atoms with Gasteiger partial charge in [0.25, 0.3) is 0 Å². The Morgan fingerprint density at radius 2 is 1.88 bits per heavy atom. The highest BCUT2D eigenvalue weighted by Crippen LogP contribution is 2.37. The topological polar surface area (TPSA) is 80.0 Å². The summed E-state index contributed by atoms with van der Waals surface area (Å²) in [6.07, 6.45) is 8.89. The molecule has 3 aromatic rings. The van der Waals surface area contributed by atoms with Gasteiger partial charge in [0.15, 0.2) is 5.65 Å². The number of aromatic nitrogens is 3. The molecule has 0 unspecified atom stereocenters. The van der Waals surface area contributed by atoms with E-state index in [9.17, 15) is 0 Å². The maximum atomic E-state index is 8.84. The highest BCUT2D eigenvalue weighted by Gasteiger charge is 2.22. The standard InChI is InChI=1S/C20H21N5/c21-11-9-14-1-3-15(4-2-14)16-5-7-17(8-6-16)18-13-23-19-10-12-24-25(19)20(18)22/h5-8,10,12-15H,1-4,9,22H2. The van der Waals surface area contributed by atoms with E-state index in [4.69, 9.17) is 11.0 Å². The summed E-state index contributed by atoms with van der Waals surface area (Å²) in [5.41, 5.74) is 10.4. The molecule has 1 fully saturated rings. The Labute approximate surface area is 147 Å².